The fourth-order valence-electron chi connectivity index (χ4n) is 2.78. The molecular formula is C17H19ClN4O3. The van der Waals surface area contributed by atoms with E-state index in [1.165, 1.54) is 0 Å². The molecule has 8 heteroatoms. The van der Waals surface area contributed by atoms with Gasteiger partial charge in [-0.25, -0.2) is 4.68 Å². The van der Waals surface area contributed by atoms with E-state index in [-0.39, 0.29) is 30.2 Å². The van der Waals surface area contributed by atoms with Crippen molar-refractivity contribution in [3.63, 3.8) is 0 Å². The predicted octanol–water partition coefficient (Wildman–Crippen LogP) is 1.63. The van der Waals surface area contributed by atoms with Gasteiger partial charge in [-0.3, -0.25) is 9.59 Å². The molecule has 1 aromatic carbocycles. The number of carbonyl (C=O) groups excluding carboxylic acids is 2. The van der Waals surface area contributed by atoms with Crippen LogP contribution in [0.15, 0.2) is 36.5 Å². The largest absolute Gasteiger partial charge is 0.465 e. The van der Waals surface area contributed by atoms with Crippen molar-refractivity contribution in [2.45, 2.75) is 12.8 Å². The number of carbonyl (C=O) groups is 2. The third-order valence-electron chi connectivity index (χ3n) is 4.24. The van der Waals surface area contributed by atoms with E-state index in [0.29, 0.717) is 31.0 Å². The van der Waals surface area contributed by atoms with Crippen LogP contribution in [0.4, 0.5) is 0 Å². The molecule has 2 heterocycles. The molecule has 7 nitrogen and oxygen atoms in total. The van der Waals surface area contributed by atoms with E-state index in [1.54, 1.807) is 15.8 Å². The first-order valence-electron chi connectivity index (χ1n) is 8.05. The minimum atomic E-state index is -0.304. The highest BCUT2D eigenvalue weighted by atomic mass is 35.5. The molecule has 2 amide bonds. The van der Waals surface area contributed by atoms with Crippen LogP contribution in [0.2, 0.25) is 5.02 Å². The summed E-state index contributed by atoms with van der Waals surface area (Å²) < 4.78 is 7.08. The minimum Gasteiger partial charge on any atom is -0.465 e. The average molecular weight is 363 g/mol. The zero-order valence-electron chi connectivity index (χ0n) is 13.6. The van der Waals surface area contributed by atoms with Crippen LogP contribution in [0.5, 0.6) is 5.88 Å². The first-order chi connectivity index (χ1) is 12.0. The molecule has 132 valence electrons. The van der Waals surface area contributed by atoms with Crippen LogP contribution < -0.4 is 10.5 Å². The number of amides is 2. The van der Waals surface area contributed by atoms with Gasteiger partial charge in [0.2, 0.25) is 5.91 Å². The van der Waals surface area contributed by atoms with Crippen LogP contribution in [0.25, 0.3) is 5.69 Å². The number of benzene rings is 1. The Bertz CT molecular complexity index is 755. The molecule has 0 atom stereocenters. The van der Waals surface area contributed by atoms with Crippen molar-refractivity contribution < 1.29 is 14.3 Å². The van der Waals surface area contributed by atoms with E-state index < -0.39 is 0 Å². The Morgan fingerprint density at radius 3 is 2.56 bits per heavy atom. The van der Waals surface area contributed by atoms with Crippen molar-refractivity contribution in [2.24, 2.45) is 11.7 Å². The maximum atomic E-state index is 12.2. The Kier molecular flexibility index (Phi) is 5.23. The molecule has 0 bridgehead atoms. The fraction of sp³-hybridized carbons (Fsp3) is 0.353. The number of nitrogens with two attached hydrogens (primary N) is 1. The third kappa shape index (κ3) is 4.11. The van der Waals surface area contributed by atoms with Crippen LogP contribution in [0, 0.1) is 5.92 Å². The Labute approximate surface area is 150 Å². The highest BCUT2D eigenvalue weighted by molar-refractivity contribution is 6.31. The number of hydrogen-bond donors (Lipinski definition) is 1. The molecule has 1 aromatic heterocycles. The zero-order valence-corrected chi connectivity index (χ0v) is 14.4. The molecule has 1 aliphatic heterocycles. The molecule has 0 spiro atoms. The monoisotopic (exact) mass is 362 g/mol. The Balaban J connectivity index is 1.56. The maximum Gasteiger partial charge on any atom is 0.260 e. The molecule has 0 radical (unpaired) electrons. The lowest BCUT2D eigenvalue weighted by molar-refractivity contribution is -0.136. The molecule has 2 aromatic rings. The topological polar surface area (TPSA) is 90.5 Å². The van der Waals surface area contributed by atoms with Gasteiger partial charge in [-0.15, -0.1) is 5.10 Å². The molecule has 1 fully saturated rings. The second-order valence-electron chi connectivity index (χ2n) is 5.91. The minimum absolute atomic E-state index is 0.146. The molecule has 25 heavy (non-hydrogen) atoms. The quantitative estimate of drug-likeness (QED) is 0.875. The number of halogens is 1. The summed E-state index contributed by atoms with van der Waals surface area (Å²) >= 11 is 6.13. The SMILES string of the molecule is NC(=O)C1CCN(C(=O)COc2nn(-c3ccccc3)cc2Cl)CC1. The molecule has 0 unspecified atom stereocenters. The van der Waals surface area contributed by atoms with Crippen LogP contribution >= 0.6 is 11.6 Å². The molecular weight excluding hydrogens is 344 g/mol. The first kappa shape index (κ1) is 17.3. The van der Waals surface area contributed by atoms with Crippen molar-refractivity contribution in [1.29, 1.82) is 0 Å². The van der Waals surface area contributed by atoms with Crippen molar-refractivity contribution >= 4 is 23.4 Å². The van der Waals surface area contributed by atoms with Crippen molar-refractivity contribution in [1.82, 2.24) is 14.7 Å². The average Bonchev–Trinajstić information content (AvgIpc) is 3.01. The summed E-state index contributed by atoms with van der Waals surface area (Å²) in [5.74, 6) is -0.401. The van der Waals surface area contributed by atoms with Crippen molar-refractivity contribution in [3.05, 3.63) is 41.6 Å². The second-order valence-corrected chi connectivity index (χ2v) is 6.32. The van der Waals surface area contributed by atoms with Crippen LogP contribution in [0.1, 0.15) is 12.8 Å². The van der Waals surface area contributed by atoms with E-state index in [9.17, 15) is 9.59 Å². The third-order valence-corrected chi connectivity index (χ3v) is 4.50. The van der Waals surface area contributed by atoms with Crippen LogP contribution in [0.3, 0.4) is 0 Å². The van der Waals surface area contributed by atoms with E-state index in [0.717, 1.165) is 5.69 Å². The van der Waals surface area contributed by atoms with Gasteiger partial charge in [-0.05, 0) is 25.0 Å². The lowest BCUT2D eigenvalue weighted by Crippen LogP contribution is -2.43. The van der Waals surface area contributed by atoms with Gasteiger partial charge in [-0.2, -0.15) is 0 Å². The summed E-state index contributed by atoms with van der Waals surface area (Å²) in [6, 6.07) is 9.48. The number of likely N-dealkylation sites (tertiary alicyclic amines) is 1. The van der Waals surface area contributed by atoms with Crippen molar-refractivity contribution in [3.8, 4) is 11.6 Å². The number of para-hydroxylation sites is 1. The van der Waals surface area contributed by atoms with Gasteiger partial charge in [0.05, 0.1) is 11.9 Å². The number of aromatic nitrogens is 2. The van der Waals surface area contributed by atoms with Gasteiger partial charge in [0.25, 0.3) is 11.8 Å². The highest BCUT2D eigenvalue weighted by Crippen LogP contribution is 2.24. The summed E-state index contributed by atoms with van der Waals surface area (Å²) in [5, 5.41) is 4.60. The van der Waals surface area contributed by atoms with E-state index in [4.69, 9.17) is 22.1 Å². The number of rotatable bonds is 5. The number of nitrogens with zero attached hydrogens (tertiary/aromatic N) is 3. The normalized spacial score (nSPS) is 15.2. The van der Waals surface area contributed by atoms with Gasteiger partial charge in [0.1, 0.15) is 5.02 Å². The van der Waals surface area contributed by atoms with Gasteiger partial charge in [-0.1, -0.05) is 29.8 Å². The Morgan fingerprint density at radius 2 is 1.92 bits per heavy atom. The molecule has 1 aliphatic rings. The lowest BCUT2D eigenvalue weighted by atomic mass is 9.96. The molecule has 0 aliphatic carbocycles. The van der Waals surface area contributed by atoms with E-state index >= 15 is 0 Å². The smallest absolute Gasteiger partial charge is 0.260 e. The predicted molar refractivity (Wildman–Crippen MR) is 92.6 cm³/mol. The van der Waals surface area contributed by atoms with Crippen molar-refractivity contribution in [2.75, 3.05) is 19.7 Å². The van der Waals surface area contributed by atoms with Crippen LogP contribution in [-0.2, 0) is 9.59 Å². The summed E-state index contributed by atoms with van der Waals surface area (Å²) in [6.07, 6.45) is 2.81. The number of hydrogen-bond acceptors (Lipinski definition) is 4. The highest BCUT2D eigenvalue weighted by Gasteiger charge is 2.26. The second kappa shape index (κ2) is 7.57. The maximum absolute atomic E-state index is 12.2. The first-order valence-corrected chi connectivity index (χ1v) is 8.43. The summed E-state index contributed by atoms with van der Waals surface area (Å²) in [5.41, 5.74) is 6.14. The zero-order chi connectivity index (χ0) is 17.8. The van der Waals surface area contributed by atoms with Gasteiger partial charge in [0.15, 0.2) is 6.61 Å². The fourth-order valence-corrected chi connectivity index (χ4v) is 2.97. The summed E-state index contributed by atoms with van der Waals surface area (Å²) in [6.45, 7) is 0.858. The molecule has 0 saturated carbocycles. The number of piperidine rings is 1. The van der Waals surface area contributed by atoms with Crippen LogP contribution in [-0.4, -0.2) is 46.2 Å². The van der Waals surface area contributed by atoms with Gasteiger partial charge < -0.3 is 15.4 Å². The Morgan fingerprint density at radius 1 is 1.24 bits per heavy atom. The molecule has 3 rings (SSSR count). The summed E-state index contributed by atoms with van der Waals surface area (Å²) in [7, 11) is 0. The lowest BCUT2D eigenvalue weighted by Gasteiger charge is -2.30. The Hall–Kier alpha value is -2.54. The standard InChI is InChI=1S/C17H19ClN4O3/c18-14-10-22(13-4-2-1-3-5-13)20-17(14)25-11-15(23)21-8-6-12(7-9-21)16(19)24/h1-5,10,12H,6-9,11H2,(H2,19,24). The van der Waals surface area contributed by atoms with E-state index in [2.05, 4.69) is 5.10 Å². The number of ether oxygens (including phenoxy) is 1. The molecule has 2 N–H and O–H groups in total. The number of primary amides is 1. The van der Waals surface area contributed by atoms with E-state index in [1.807, 2.05) is 30.3 Å². The van der Waals surface area contributed by atoms with Gasteiger partial charge >= 0.3 is 0 Å². The van der Waals surface area contributed by atoms with Gasteiger partial charge in [0, 0.05) is 19.0 Å². The summed E-state index contributed by atoms with van der Waals surface area (Å²) in [4.78, 5) is 25.1. The molecule has 1 saturated heterocycles.